The van der Waals surface area contributed by atoms with E-state index in [-0.39, 0.29) is 0 Å². The fourth-order valence-corrected chi connectivity index (χ4v) is 2.79. The minimum atomic E-state index is 0.790. The zero-order valence-corrected chi connectivity index (χ0v) is 13.4. The molecule has 112 valence electrons. The molecule has 0 saturated heterocycles. The number of ether oxygens (including phenoxy) is 2. The van der Waals surface area contributed by atoms with Crippen LogP contribution in [0.2, 0.25) is 0 Å². The lowest BCUT2D eigenvalue weighted by Crippen LogP contribution is -1.89. The van der Waals surface area contributed by atoms with Gasteiger partial charge in [0.1, 0.15) is 17.2 Å². The number of thioether (sulfide) groups is 1. The van der Waals surface area contributed by atoms with Gasteiger partial charge in [0.15, 0.2) is 0 Å². The van der Waals surface area contributed by atoms with Crippen LogP contribution >= 0.6 is 11.8 Å². The SMILES string of the molecule is COc1ccc2c(Oc3ccc(CSC)cc3)ccnc2c1. The molecule has 0 unspecified atom stereocenters. The second-order valence-electron chi connectivity index (χ2n) is 4.87. The van der Waals surface area contributed by atoms with E-state index in [4.69, 9.17) is 9.47 Å². The third kappa shape index (κ3) is 3.17. The highest BCUT2D eigenvalue weighted by molar-refractivity contribution is 7.97. The number of rotatable bonds is 5. The van der Waals surface area contributed by atoms with Crippen LogP contribution in [0, 0.1) is 0 Å². The largest absolute Gasteiger partial charge is 0.497 e. The lowest BCUT2D eigenvalue weighted by atomic mass is 10.2. The Kier molecular flexibility index (Phi) is 4.49. The summed E-state index contributed by atoms with van der Waals surface area (Å²) in [5.74, 6) is 3.43. The number of aromatic nitrogens is 1. The predicted molar refractivity (Wildman–Crippen MR) is 92.0 cm³/mol. The molecule has 1 heterocycles. The van der Waals surface area contributed by atoms with E-state index in [9.17, 15) is 0 Å². The van der Waals surface area contributed by atoms with Gasteiger partial charge in [0.25, 0.3) is 0 Å². The molecule has 3 rings (SSSR count). The van der Waals surface area contributed by atoms with Crippen molar-refractivity contribution in [3.05, 3.63) is 60.3 Å². The molecule has 0 N–H and O–H groups in total. The summed E-state index contributed by atoms with van der Waals surface area (Å²) in [5.41, 5.74) is 2.15. The molecule has 0 amide bonds. The molecule has 0 saturated carbocycles. The van der Waals surface area contributed by atoms with Crippen molar-refractivity contribution in [1.29, 1.82) is 0 Å². The predicted octanol–water partition coefficient (Wildman–Crippen LogP) is 4.90. The molecule has 0 atom stereocenters. The summed E-state index contributed by atoms with van der Waals surface area (Å²) in [4.78, 5) is 4.37. The molecule has 0 spiro atoms. The van der Waals surface area contributed by atoms with Gasteiger partial charge < -0.3 is 9.47 Å². The van der Waals surface area contributed by atoms with Gasteiger partial charge in [0.05, 0.1) is 12.6 Å². The third-order valence-corrected chi connectivity index (χ3v) is 3.99. The Balaban J connectivity index is 1.90. The Hall–Kier alpha value is -2.20. The van der Waals surface area contributed by atoms with Gasteiger partial charge in [-0.05, 0) is 42.2 Å². The molecule has 0 fully saturated rings. The number of hydrogen-bond donors (Lipinski definition) is 0. The Morgan fingerprint density at radius 1 is 1.00 bits per heavy atom. The number of nitrogens with zero attached hydrogens (tertiary/aromatic N) is 1. The topological polar surface area (TPSA) is 31.4 Å². The monoisotopic (exact) mass is 311 g/mol. The molecule has 0 aliphatic carbocycles. The van der Waals surface area contributed by atoms with Gasteiger partial charge >= 0.3 is 0 Å². The lowest BCUT2D eigenvalue weighted by molar-refractivity contribution is 0.415. The summed E-state index contributed by atoms with van der Waals surface area (Å²) in [6.07, 6.45) is 3.85. The molecule has 1 aromatic heterocycles. The van der Waals surface area contributed by atoms with Crippen molar-refractivity contribution in [1.82, 2.24) is 4.98 Å². The zero-order chi connectivity index (χ0) is 15.4. The first-order valence-electron chi connectivity index (χ1n) is 6.98. The first kappa shape index (κ1) is 14.7. The van der Waals surface area contributed by atoms with E-state index < -0.39 is 0 Å². The van der Waals surface area contributed by atoms with Gasteiger partial charge in [-0.25, -0.2) is 0 Å². The van der Waals surface area contributed by atoms with Crippen LogP contribution in [0.15, 0.2) is 54.7 Å². The molecule has 3 nitrogen and oxygen atoms in total. The van der Waals surface area contributed by atoms with E-state index in [1.165, 1.54) is 5.56 Å². The Morgan fingerprint density at radius 2 is 1.77 bits per heavy atom. The number of fused-ring (bicyclic) bond motifs is 1. The molecule has 3 aromatic rings. The maximum absolute atomic E-state index is 6.01. The van der Waals surface area contributed by atoms with Crippen molar-refractivity contribution in [3.8, 4) is 17.2 Å². The molecule has 0 bridgehead atoms. The molecule has 22 heavy (non-hydrogen) atoms. The highest BCUT2D eigenvalue weighted by Crippen LogP contribution is 2.30. The van der Waals surface area contributed by atoms with Gasteiger partial charge in [-0.3, -0.25) is 4.98 Å². The normalized spacial score (nSPS) is 10.6. The van der Waals surface area contributed by atoms with Crippen LogP contribution in [0.3, 0.4) is 0 Å². The van der Waals surface area contributed by atoms with Crippen molar-refractivity contribution in [3.63, 3.8) is 0 Å². The van der Waals surface area contributed by atoms with Crippen LogP contribution in [0.25, 0.3) is 10.9 Å². The van der Waals surface area contributed by atoms with Crippen LogP contribution in [0.1, 0.15) is 5.56 Å². The van der Waals surface area contributed by atoms with Crippen LogP contribution in [0.5, 0.6) is 17.2 Å². The second-order valence-corrected chi connectivity index (χ2v) is 5.74. The van der Waals surface area contributed by atoms with Gasteiger partial charge in [-0.2, -0.15) is 11.8 Å². The van der Waals surface area contributed by atoms with E-state index in [1.54, 1.807) is 13.3 Å². The number of methoxy groups -OCH3 is 1. The van der Waals surface area contributed by atoms with Gasteiger partial charge in [-0.1, -0.05) is 12.1 Å². The fraction of sp³-hybridized carbons (Fsp3) is 0.167. The summed E-state index contributed by atoms with van der Waals surface area (Å²) in [5, 5.41) is 0.969. The first-order valence-corrected chi connectivity index (χ1v) is 8.38. The highest BCUT2D eigenvalue weighted by atomic mass is 32.2. The third-order valence-electron chi connectivity index (χ3n) is 3.37. The second kappa shape index (κ2) is 6.71. The molecular formula is C18H17NO2S. The molecule has 0 radical (unpaired) electrons. The van der Waals surface area contributed by atoms with E-state index >= 15 is 0 Å². The Labute approximate surface area is 134 Å². The smallest absolute Gasteiger partial charge is 0.138 e. The van der Waals surface area contributed by atoms with E-state index in [0.29, 0.717) is 0 Å². The summed E-state index contributed by atoms with van der Waals surface area (Å²) < 4.78 is 11.2. The summed E-state index contributed by atoms with van der Waals surface area (Å²) >= 11 is 1.81. The van der Waals surface area contributed by atoms with Crippen molar-refractivity contribution in [2.45, 2.75) is 5.75 Å². The molecule has 0 aliphatic rings. The standard InChI is InChI=1S/C18H17NO2S/c1-20-15-7-8-16-17(11-15)19-10-9-18(16)21-14-5-3-13(4-6-14)12-22-2/h3-11H,12H2,1-2H3. The van der Waals surface area contributed by atoms with Crippen molar-refractivity contribution in [2.24, 2.45) is 0 Å². The van der Waals surface area contributed by atoms with Crippen LogP contribution in [-0.2, 0) is 5.75 Å². The average molecular weight is 311 g/mol. The zero-order valence-electron chi connectivity index (χ0n) is 12.6. The molecule has 2 aromatic carbocycles. The van der Waals surface area contributed by atoms with E-state index in [1.807, 2.05) is 48.2 Å². The quantitative estimate of drug-likeness (QED) is 0.671. The summed E-state index contributed by atoms with van der Waals surface area (Å²) in [7, 11) is 1.65. The average Bonchev–Trinajstić information content (AvgIpc) is 2.56. The highest BCUT2D eigenvalue weighted by Gasteiger charge is 2.06. The van der Waals surface area contributed by atoms with Crippen LogP contribution in [-0.4, -0.2) is 18.3 Å². The lowest BCUT2D eigenvalue weighted by Gasteiger charge is -2.10. The van der Waals surface area contributed by atoms with Crippen LogP contribution < -0.4 is 9.47 Å². The van der Waals surface area contributed by atoms with Crippen molar-refractivity contribution >= 4 is 22.7 Å². The minimum absolute atomic E-state index is 0.790. The van der Waals surface area contributed by atoms with E-state index in [2.05, 4.69) is 23.4 Å². The minimum Gasteiger partial charge on any atom is -0.497 e. The number of hydrogen-bond acceptors (Lipinski definition) is 4. The maximum Gasteiger partial charge on any atom is 0.138 e. The summed E-state index contributed by atoms with van der Waals surface area (Å²) in [6, 6.07) is 15.9. The van der Waals surface area contributed by atoms with E-state index in [0.717, 1.165) is 33.9 Å². The van der Waals surface area contributed by atoms with Gasteiger partial charge in [0.2, 0.25) is 0 Å². The summed E-state index contributed by atoms with van der Waals surface area (Å²) in [6.45, 7) is 0. The number of pyridine rings is 1. The first-order chi connectivity index (χ1) is 10.8. The van der Waals surface area contributed by atoms with Gasteiger partial charge in [0, 0.05) is 23.4 Å². The van der Waals surface area contributed by atoms with Crippen molar-refractivity contribution < 1.29 is 9.47 Å². The molecular weight excluding hydrogens is 294 g/mol. The molecule has 4 heteroatoms. The molecule has 0 aliphatic heterocycles. The van der Waals surface area contributed by atoms with Gasteiger partial charge in [-0.15, -0.1) is 0 Å². The van der Waals surface area contributed by atoms with Crippen molar-refractivity contribution in [2.75, 3.05) is 13.4 Å². The van der Waals surface area contributed by atoms with Crippen LogP contribution in [0.4, 0.5) is 0 Å². The number of benzene rings is 2. The fourth-order valence-electron chi connectivity index (χ4n) is 2.26. The Morgan fingerprint density at radius 3 is 2.50 bits per heavy atom. The maximum atomic E-state index is 6.01. The Bertz CT molecular complexity index is 772.